The third-order valence-corrected chi connectivity index (χ3v) is 0.824. The van der Waals surface area contributed by atoms with Crippen molar-refractivity contribution >= 4 is 6.08 Å². The summed E-state index contributed by atoms with van der Waals surface area (Å²) in [4.78, 5) is 0. The molecule has 0 aliphatic carbocycles. The molecular weight excluding hydrogens is 666 g/mol. The van der Waals surface area contributed by atoms with Crippen molar-refractivity contribution in [3.05, 3.63) is 30.5 Å². The molecule has 1 aromatic rings. The van der Waals surface area contributed by atoms with Crippen LogP contribution in [0.15, 0.2) is 4.52 Å². The summed E-state index contributed by atoms with van der Waals surface area (Å²) in [5.74, 6) is 0.677. The molecule has 0 spiro atoms. The normalized spacial score (nSPS) is 7.75. The third kappa shape index (κ3) is 6.33. The second kappa shape index (κ2) is 9.88. The summed E-state index contributed by atoms with van der Waals surface area (Å²) in [6.45, 7) is 5.17. The monoisotopic (exact) mass is 672 g/mol. The molecule has 12 heavy (non-hydrogen) atoms. The number of hydrogen-bond acceptors (Lipinski definition) is 2. The third-order valence-electron chi connectivity index (χ3n) is 0.824. The number of aryl methyl sites for hydroxylation is 1. The molecule has 1 rings (SSSR count). The standard InChI is InChI=1S/C7H6NO.3W/c1-3-4-7-5-6(2)9-8-7;;;/h4H,1H2,2H3;;;/q-1;;;. The van der Waals surface area contributed by atoms with E-state index >= 15 is 0 Å². The summed E-state index contributed by atoms with van der Waals surface area (Å²) < 4.78 is 4.71. The molecule has 5 heteroatoms. The summed E-state index contributed by atoms with van der Waals surface area (Å²) in [6.07, 6.45) is 4.18. The van der Waals surface area contributed by atoms with Gasteiger partial charge in [0.15, 0.2) is 0 Å². The molecule has 0 N–H and O–H groups in total. The van der Waals surface area contributed by atoms with Crippen molar-refractivity contribution in [3.63, 3.8) is 0 Å². The van der Waals surface area contributed by atoms with Crippen LogP contribution in [0.3, 0.4) is 0 Å². The van der Waals surface area contributed by atoms with Crippen LogP contribution < -0.4 is 0 Å². The van der Waals surface area contributed by atoms with Gasteiger partial charge >= 0.3 is 32.4 Å². The van der Waals surface area contributed by atoms with E-state index in [9.17, 15) is 0 Å². The number of hydrogen-bond donors (Lipinski definition) is 0. The van der Waals surface area contributed by atoms with Crippen LogP contribution in [-0.4, -0.2) is 5.16 Å². The second-order valence-electron chi connectivity index (χ2n) is 1.60. The van der Waals surface area contributed by atoms with E-state index in [1.165, 1.54) is 0 Å². The van der Waals surface area contributed by atoms with E-state index in [0.29, 0.717) is 11.5 Å². The molecule has 0 aliphatic heterocycles. The Morgan fingerprint density at radius 2 is 2.25 bits per heavy atom. The summed E-state index contributed by atoms with van der Waals surface area (Å²) >= 11 is 3.33. The zero-order valence-electron chi connectivity index (χ0n) is 6.36. The van der Waals surface area contributed by atoms with Gasteiger partial charge in [-0.1, -0.05) is 13.0 Å². The minimum absolute atomic E-state index is 0. The summed E-state index contributed by atoms with van der Waals surface area (Å²) in [5, 5.41) is 3.62. The summed E-state index contributed by atoms with van der Waals surface area (Å²) in [6, 6.07) is 2.84. The van der Waals surface area contributed by atoms with Gasteiger partial charge < -0.3 is 4.52 Å². The maximum atomic E-state index is 4.71. The first-order chi connectivity index (χ1) is 5.33. The van der Waals surface area contributed by atoms with Gasteiger partial charge in [-0.2, -0.15) is 0 Å². The van der Waals surface area contributed by atoms with E-state index in [-0.39, 0.29) is 21.1 Å². The molecule has 0 radical (unpaired) electrons. The molecule has 0 unspecified atom stereocenters. The van der Waals surface area contributed by atoms with Crippen molar-refractivity contribution in [1.29, 1.82) is 0 Å². The van der Waals surface area contributed by atoms with Gasteiger partial charge in [-0.05, 0) is 12.1 Å². The Morgan fingerprint density at radius 3 is 2.58 bits per heavy atom. The molecule has 1 heterocycles. The molecule has 1 aromatic heterocycles. The van der Waals surface area contributed by atoms with Crippen LogP contribution in [0.2, 0.25) is 0 Å². The van der Waals surface area contributed by atoms with Crippen molar-refractivity contribution in [2.75, 3.05) is 0 Å². The Labute approximate surface area is 106 Å². The molecule has 0 saturated heterocycles. The number of nitrogens with zero attached hydrogens (tertiary/aromatic N) is 1. The van der Waals surface area contributed by atoms with Gasteiger partial charge in [0.25, 0.3) is 0 Å². The second-order valence-corrected chi connectivity index (χ2v) is 1.60. The summed E-state index contributed by atoms with van der Waals surface area (Å²) in [5.41, 5.74) is 0.641. The molecule has 0 fully saturated rings. The average molecular weight is 672 g/mol. The molecule has 2 nitrogen and oxygen atoms in total. The molecule has 0 aromatic carbocycles. The Hall–Kier alpha value is 0.795. The van der Waals surface area contributed by atoms with Crippen molar-refractivity contribution in [1.82, 2.24) is 5.16 Å². The van der Waals surface area contributed by atoms with E-state index in [4.69, 9.17) is 4.52 Å². The van der Waals surface area contributed by atoms with Gasteiger partial charge in [0.1, 0.15) is 0 Å². The Bertz CT molecular complexity index is 234. The van der Waals surface area contributed by atoms with E-state index in [2.05, 4.69) is 24.2 Å². The fourth-order valence-corrected chi connectivity index (χ4v) is 0.503. The fraction of sp³-hybridized carbons (Fsp3) is 0.143. The van der Waals surface area contributed by atoms with Gasteiger partial charge in [0, 0.05) is 27.1 Å². The quantitative estimate of drug-likeness (QED) is 0.423. The zero-order valence-corrected chi connectivity index (χ0v) is 15.2. The van der Waals surface area contributed by atoms with Crippen LogP contribution in [0.25, 0.3) is 6.08 Å². The molecule has 0 bridgehead atoms. The van der Waals surface area contributed by atoms with Crippen LogP contribution in [0.4, 0.5) is 0 Å². The van der Waals surface area contributed by atoms with E-state index in [1.807, 2.05) is 0 Å². The fourth-order valence-electron chi connectivity index (χ4n) is 0.503. The SMILES string of the molecule is [CH2-][C+]=Cc1[c-]c(C)on1.[W].[W]=[W]. The molecule has 0 atom stereocenters. The Kier molecular flexibility index (Phi) is 12.6. The van der Waals surface area contributed by atoms with E-state index in [1.54, 1.807) is 45.4 Å². The minimum atomic E-state index is 0. The van der Waals surface area contributed by atoms with Crippen molar-refractivity contribution < 1.29 is 58.0 Å². The first kappa shape index (κ1) is 15.3. The topological polar surface area (TPSA) is 26.0 Å². The molecule has 0 aliphatic rings. The van der Waals surface area contributed by atoms with Crippen LogP contribution in [0, 0.1) is 26.0 Å². The molecule has 0 saturated carbocycles. The summed E-state index contributed by atoms with van der Waals surface area (Å²) in [7, 11) is 0. The first-order valence-electron chi connectivity index (χ1n) is 2.71. The number of rotatable bonds is 1. The van der Waals surface area contributed by atoms with Gasteiger partial charge in [-0.15, -0.1) is 6.08 Å². The van der Waals surface area contributed by atoms with E-state index < -0.39 is 0 Å². The van der Waals surface area contributed by atoms with Crippen LogP contribution in [0.1, 0.15) is 11.5 Å². The predicted octanol–water partition coefficient (Wildman–Crippen LogP) is 1.43. The predicted molar refractivity (Wildman–Crippen MR) is 33.1 cm³/mol. The molecule has 64 valence electrons. The van der Waals surface area contributed by atoms with Crippen molar-refractivity contribution in [3.8, 4) is 0 Å². The van der Waals surface area contributed by atoms with Crippen molar-refractivity contribution in [2.24, 2.45) is 0 Å². The maximum absolute atomic E-state index is 4.71. The van der Waals surface area contributed by atoms with Crippen LogP contribution in [-0.2, 0) is 53.5 Å². The van der Waals surface area contributed by atoms with Crippen molar-refractivity contribution in [2.45, 2.75) is 6.92 Å². The number of allylic oxidation sites excluding steroid dienone is 1. The van der Waals surface area contributed by atoms with Gasteiger partial charge in [-0.3, -0.25) is 0 Å². The van der Waals surface area contributed by atoms with Gasteiger partial charge in [-0.25, -0.2) is 0 Å². The average Bonchev–Trinajstić information content (AvgIpc) is 2.41. The van der Waals surface area contributed by atoms with Crippen LogP contribution in [0.5, 0.6) is 0 Å². The molecular formula is C7H6NOW3-. The van der Waals surface area contributed by atoms with E-state index in [0.717, 1.165) is 0 Å². The van der Waals surface area contributed by atoms with Gasteiger partial charge in [0.05, 0.1) is 11.5 Å². The Morgan fingerprint density at radius 1 is 1.67 bits per heavy atom. The molecule has 0 amide bonds. The van der Waals surface area contributed by atoms with Crippen LogP contribution >= 0.6 is 0 Å². The Balaban J connectivity index is 0. The number of aromatic nitrogens is 1. The first-order valence-corrected chi connectivity index (χ1v) is 13.7. The zero-order chi connectivity index (χ0) is 8.69. The van der Waals surface area contributed by atoms with Gasteiger partial charge in [0.2, 0.25) is 0 Å².